The molecule has 1 heterocycles. The Balaban J connectivity index is 2.55. The zero-order valence-corrected chi connectivity index (χ0v) is 8.07. The van der Waals surface area contributed by atoms with Crippen LogP contribution >= 0.6 is 21.6 Å². The summed E-state index contributed by atoms with van der Waals surface area (Å²) in [5, 5.41) is 0. The minimum atomic E-state index is 1.33. The van der Waals surface area contributed by atoms with Crippen molar-refractivity contribution in [3.05, 3.63) is 48.5 Å². The minimum absolute atomic E-state index is 1.33. The second-order valence-electron chi connectivity index (χ2n) is 2.41. The van der Waals surface area contributed by atoms with E-state index in [4.69, 9.17) is 0 Å². The van der Waals surface area contributed by atoms with Crippen molar-refractivity contribution in [3.8, 4) is 0 Å². The highest BCUT2D eigenvalue weighted by Gasteiger charge is 2.02. The van der Waals surface area contributed by atoms with Gasteiger partial charge in [-0.1, -0.05) is 51.9 Å². The van der Waals surface area contributed by atoms with E-state index in [2.05, 4.69) is 30.3 Å². The van der Waals surface area contributed by atoms with Crippen molar-refractivity contribution in [1.29, 1.82) is 0 Å². The smallest absolute Gasteiger partial charge is 0.0197 e. The Morgan fingerprint density at radius 3 is 1.75 bits per heavy atom. The molecule has 0 fully saturated rings. The lowest BCUT2D eigenvalue weighted by Gasteiger charge is -1.81. The molecule has 2 heteroatoms. The lowest BCUT2D eigenvalue weighted by atomic mass is 10.4. The van der Waals surface area contributed by atoms with Crippen molar-refractivity contribution < 1.29 is 0 Å². The fourth-order valence-electron chi connectivity index (χ4n) is 0.930. The Labute approximate surface area is 80.1 Å². The highest BCUT2D eigenvalue weighted by Crippen LogP contribution is 2.43. The van der Waals surface area contributed by atoms with Crippen molar-refractivity contribution in [1.82, 2.24) is 0 Å². The first-order valence-electron chi connectivity index (χ1n) is 3.73. The molecule has 0 aromatic heterocycles. The predicted molar refractivity (Wildman–Crippen MR) is 55.8 cm³/mol. The molecular formula is C10H8S2. The zero-order valence-electron chi connectivity index (χ0n) is 6.44. The first-order valence-corrected chi connectivity index (χ1v) is 5.88. The summed E-state index contributed by atoms with van der Waals surface area (Å²) in [6.45, 7) is 0. The van der Waals surface area contributed by atoms with Crippen molar-refractivity contribution in [2.24, 2.45) is 0 Å². The van der Waals surface area contributed by atoms with Gasteiger partial charge in [-0.15, -0.1) is 0 Å². The first-order chi connectivity index (χ1) is 5.95. The topological polar surface area (TPSA) is 0 Å². The summed E-state index contributed by atoms with van der Waals surface area (Å²) in [7, 11) is 3.63. The lowest BCUT2D eigenvalue weighted by Crippen LogP contribution is -1.55. The van der Waals surface area contributed by atoms with Gasteiger partial charge in [-0.05, 0) is 18.2 Å². The summed E-state index contributed by atoms with van der Waals surface area (Å²) >= 11 is 0. The van der Waals surface area contributed by atoms with E-state index in [1.807, 2.05) is 39.8 Å². The van der Waals surface area contributed by atoms with E-state index in [-0.39, 0.29) is 0 Å². The van der Waals surface area contributed by atoms with Crippen molar-refractivity contribution in [3.63, 3.8) is 0 Å². The van der Waals surface area contributed by atoms with Crippen LogP contribution < -0.4 is 0 Å². The van der Waals surface area contributed by atoms with Gasteiger partial charge in [0.25, 0.3) is 0 Å². The van der Waals surface area contributed by atoms with Gasteiger partial charge in [0, 0.05) is 9.79 Å². The molecular weight excluding hydrogens is 184 g/mol. The molecule has 1 aliphatic heterocycles. The largest absolute Gasteiger partial charge is 0.0623 e. The van der Waals surface area contributed by atoms with Crippen molar-refractivity contribution in [2.75, 3.05) is 0 Å². The third-order valence-corrected chi connectivity index (χ3v) is 3.86. The highest BCUT2D eigenvalue weighted by molar-refractivity contribution is 8.77. The first kappa shape index (κ1) is 8.02. The van der Waals surface area contributed by atoms with Gasteiger partial charge in [0.05, 0.1) is 0 Å². The van der Waals surface area contributed by atoms with Gasteiger partial charge >= 0.3 is 0 Å². The Bertz CT molecular complexity index is 303. The molecule has 0 saturated heterocycles. The molecule has 0 nitrogen and oxygen atoms in total. The molecule has 0 unspecified atom stereocenters. The van der Waals surface area contributed by atoms with Gasteiger partial charge in [-0.3, -0.25) is 0 Å². The Hall–Kier alpha value is -0.600. The van der Waals surface area contributed by atoms with Crippen LogP contribution in [0, 0.1) is 0 Å². The number of rotatable bonds is 0. The molecule has 0 aliphatic carbocycles. The molecule has 60 valence electrons. The molecule has 1 aromatic carbocycles. The van der Waals surface area contributed by atoms with Crippen LogP contribution in [0.1, 0.15) is 0 Å². The second kappa shape index (κ2) is 3.87. The third-order valence-electron chi connectivity index (χ3n) is 1.48. The maximum Gasteiger partial charge on any atom is 0.0197 e. The molecule has 2 rings (SSSR count). The lowest BCUT2D eigenvalue weighted by molar-refractivity contribution is 1.40. The minimum Gasteiger partial charge on any atom is -0.0623 e. The molecule has 0 atom stereocenters. The monoisotopic (exact) mass is 192 g/mol. The Morgan fingerprint density at radius 2 is 1.17 bits per heavy atom. The quantitative estimate of drug-likeness (QED) is 0.571. The molecule has 0 amide bonds. The maximum atomic E-state index is 2.20. The summed E-state index contributed by atoms with van der Waals surface area (Å²) in [5.74, 6) is 0. The summed E-state index contributed by atoms with van der Waals surface area (Å²) in [5.41, 5.74) is 0. The third kappa shape index (κ3) is 1.96. The predicted octanol–water partition coefficient (Wildman–Crippen LogP) is 3.92. The fourth-order valence-corrected chi connectivity index (χ4v) is 3.01. The van der Waals surface area contributed by atoms with Gasteiger partial charge in [0.15, 0.2) is 0 Å². The molecule has 1 aliphatic rings. The molecule has 0 spiro atoms. The SMILES string of the molecule is c1cccc2cc(ccc1)SS2. The summed E-state index contributed by atoms with van der Waals surface area (Å²) in [4.78, 5) is 2.65. The number of hydrogen-bond donors (Lipinski definition) is 0. The average Bonchev–Trinajstić information content (AvgIpc) is 2.51. The van der Waals surface area contributed by atoms with Crippen LogP contribution in [-0.4, -0.2) is 0 Å². The van der Waals surface area contributed by atoms with Crippen LogP contribution in [0.2, 0.25) is 0 Å². The van der Waals surface area contributed by atoms with Gasteiger partial charge in [-0.25, -0.2) is 0 Å². The van der Waals surface area contributed by atoms with E-state index >= 15 is 0 Å². The fraction of sp³-hybridized carbons (Fsp3) is 0. The Kier molecular flexibility index (Phi) is 2.59. The average molecular weight is 192 g/mol. The summed E-state index contributed by atoms with van der Waals surface area (Å²) in [6, 6.07) is 16.7. The number of hydrogen-bond acceptors (Lipinski definition) is 2. The molecule has 0 radical (unpaired) electrons. The van der Waals surface area contributed by atoms with E-state index in [9.17, 15) is 0 Å². The van der Waals surface area contributed by atoms with Gasteiger partial charge in [0.1, 0.15) is 0 Å². The van der Waals surface area contributed by atoms with E-state index in [0.29, 0.717) is 0 Å². The molecule has 0 saturated carbocycles. The van der Waals surface area contributed by atoms with Gasteiger partial charge < -0.3 is 0 Å². The summed E-state index contributed by atoms with van der Waals surface area (Å²) in [6.07, 6.45) is 0. The van der Waals surface area contributed by atoms with E-state index < -0.39 is 0 Å². The Morgan fingerprint density at radius 1 is 0.667 bits per heavy atom. The molecule has 1 aromatic rings. The maximum absolute atomic E-state index is 2.20. The van der Waals surface area contributed by atoms with E-state index in [1.165, 1.54) is 9.79 Å². The van der Waals surface area contributed by atoms with Crippen LogP contribution in [0.5, 0.6) is 0 Å². The van der Waals surface area contributed by atoms with Crippen LogP contribution in [-0.2, 0) is 0 Å². The second-order valence-corrected chi connectivity index (χ2v) is 4.69. The highest BCUT2D eigenvalue weighted by atomic mass is 33.1. The normalized spacial score (nSPS) is 12.3. The number of fused-ring (bicyclic) bond motifs is 2. The zero-order chi connectivity index (χ0) is 8.23. The van der Waals surface area contributed by atoms with Crippen molar-refractivity contribution >= 4 is 21.6 Å². The van der Waals surface area contributed by atoms with Gasteiger partial charge in [-0.2, -0.15) is 0 Å². The molecule has 0 N–H and O–H groups in total. The molecule has 2 bridgehead atoms. The van der Waals surface area contributed by atoms with Crippen molar-refractivity contribution in [2.45, 2.75) is 9.79 Å². The summed E-state index contributed by atoms with van der Waals surface area (Å²) < 4.78 is 0. The standard InChI is InChI=1S/C10H8S2/c1-2-4-6-9-8-10(12-11-9)7-5-3-1/h1-8H. The molecule has 12 heavy (non-hydrogen) atoms. The van der Waals surface area contributed by atoms with Crippen LogP contribution in [0.15, 0.2) is 58.3 Å². The van der Waals surface area contributed by atoms with E-state index in [0.717, 1.165) is 0 Å². The van der Waals surface area contributed by atoms with Crippen LogP contribution in [0.4, 0.5) is 0 Å². The van der Waals surface area contributed by atoms with Crippen LogP contribution in [0.25, 0.3) is 0 Å². The van der Waals surface area contributed by atoms with E-state index in [1.54, 1.807) is 0 Å². The van der Waals surface area contributed by atoms with Crippen LogP contribution in [0.3, 0.4) is 0 Å². The van der Waals surface area contributed by atoms with Gasteiger partial charge in [0.2, 0.25) is 0 Å².